The third-order valence-corrected chi connectivity index (χ3v) is 10.6. The van der Waals surface area contributed by atoms with Gasteiger partial charge in [-0.3, -0.25) is 9.59 Å². The summed E-state index contributed by atoms with van der Waals surface area (Å²) in [6, 6.07) is 6.90. The first-order chi connectivity index (χ1) is 15.1. The molecule has 7 heteroatoms. The summed E-state index contributed by atoms with van der Waals surface area (Å²) in [5.41, 5.74) is 4.84. The zero-order valence-corrected chi connectivity index (χ0v) is 19.7. The molecule has 0 spiro atoms. The van der Waals surface area contributed by atoms with E-state index in [1.807, 2.05) is 6.07 Å². The average Bonchev–Trinajstić information content (AvgIpc) is 3.16. The number of rotatable bonds is 7. The molecule has 6 rings (SSSR count). The van der Waals surface area contributed by atoms with E-state index in [9.17, 15) is 18.0 Å². The fourth-order valence-electron chi connectivity index (χ4n) is 8.04. The number of hydrogen-bond acceptors (Lipinski definition) is 4. The van der Waals surface area contributed by atoms with E-state index in [0.29, 0.717) is 43.1 Å². The molecule has 5 saturated carbocycles. The number of sulfonamides is 1. The highest BCUT2D eigenvalue weighted by atomic mass is 32.2. The lowest BCUT2D eigenvalue weighted by Crippen LogP contribution is -2.59. The third kappa shape index (κ3) is 3.52. The number of aryl methyl sites for hydroxylation is 1. The Morgan fingerprint density at radius 3 is 2.28 bits per heavy atom. The van der Waals surface area contributed by atoms with Crippen LogP contribution in [0.3, 0.4) is 0 Å². The highest BCUT2D eigenvalue weighted by Crippen LogP contribution is 2.66. The standard InChI is InChI=1S/C25H34N2O4S/c1-17-6-2-3-7-20(17)32(30,31)27-25(8-4-5-9-25)21(28)15-23-11-18-10-19(12-23)14-24(13-18,16-23)22(26)29/h2-3,6-7,18-19,27H,4-5,8-16H2,1H3,(H2,26,29). The van der Waals surface area contributed by atoms with E-state index < -0.39 is 21.0 Å². The molecule has 6 nitrogen and oxygen atoms in total. The molecule has 2 atom stereocenters. The molecule has 32 heavy (non-hydrogen) atoms. The smallest absolute Gasteiger partial charge is 0.241 e. The minimum atomic E-state index is -3.81. The Hall–Kier alpha value is -1.73. The minimum Gasteiger partial charge on any atom is -0.369 e. The van der Waals surface area contributed by atoms with E-state index in [1.54, 1.807) is 25.1 Å². The molecule has 0 saturated heterocycles. The molecule has 1 amide bonds. The Morgan fingerprint density at radius 2 is 1.69 bits per heavy atom. The van der Waals surface area contributed by atoms with Gasteiger partial charge in [-0.1, -0.05) is 31.0 Å². The molecule has 2 unspecified atom stereocenters. The van der Waals surface area contributed by atoms with Gasteiger partial charge in [0.05, 0.1) is 15.8 Å². The number of nitrogens with two attached hydrogens (primary N) is 1. The van der Waals surface area contributed by atoms with Gasteiger partial charge in [-0.25, -0.2) is 8.42 Å². The fourth-order valence-corrected chi connectivity index (χ4v) is 9.74. The van der Waals surface area contributed by atoms with Crippen LogP contribution in [0.4, 0.5) is 0 Å². The summed E-state index contributed by atoms with van der Waals surface area (Å²) in [4.78, 5) is 26.5. The van der Waals surface area contributed by atoms with E-state index in [4.69, 9.17) is 5.73 Å². The van der Waals surface area contributed by atoms with Crippen LogP contribution in [0.1, 0.15) is 76.2 Å². The first kappa shape index (κ1) is 22.1. The second kappa shape index (κ2) is 7.39. The van der Waals surface area contributed by atoms with Crippen molar-refractivity contribution in [2.45, 2.75) is 88.0 Å². The number of nitrogens with one attached hydrogen (secondary N) is 1. The van der Waals surface area contributed by atoms with Gasteiger partial charge < -0.3 is 5.73 Å². The monoisotopic (exact) mass is 458 g/mol. The van der Waals surface area contributed by atoms with Crippen molar-refractivity contribution in [3.63, 3.8) is 0 Å². The summed E-state index contributed by atoms with van der Waals surface area (Å²) in [5, 5.41) is 0. The molecule has 174 valence electrons. The lowest BCUT2D eigenvalue weighted by molar-refractivity contribution is -0.159. The van der Waals surface area contributed by atoms with Gasteiger partial charge in [-0.2, -0.15) is 4.72 Å². The van der Waals surface area contributed by atoms with Gasteiger partial charge in [0.1, 0.15) is 0 Å². The zero-order valence-electron chi connectivity index (χ0n) is 18.9. The van der Waals surface area contributed by atoms with Crippen molar-refractivity contribution >= 4 is 21.7 Å². The molecule has 1 aromatic carbocycles. The number of primary amides is 1. The maximum absolute atomic E-state index is 13.9. The van der Waals surface area contributed by atoms with Crippen LogP contribution in [0.15, 0.2) is 29.2 Å². The third-order valence-electron chi connectivity index (χ3n) is 8.94. The summed E-state index contributed by atoms with van der Waals surface area (Å²) in [6.45, 7) is 1.77. The largest absolute Gasteiger partial charge is 0.369 e. The molecule has 0 heterocycles. The van der Waals surface area contributed by atoms with Crippen LogP contribution in [-0.2, 0) is 19.6 Å². The molecule has 5 aliphatic carbocycles. The van der Waals surface area contributed by atoms with Crippen molar-refractivity contribution in [1.29, 1.82) is 0 Å². The maximum Gasteiger partial charge on any atom is 0.241 e. The van der Waals surface area contributed by atoms with Gasteiger partial charge in [0.25, 0.3) is 0 Å². The van der Waals surface area contributed by atoms with Crippen molar-refractivity contribution < 1.29 is 18.0 Å². The minimum absolute atomic E-state index is 0.00808. The van der Waals surface area contributed by atoms with Crippen LogP contribution in [-0.4, -0.2) is 25.6 Å². The predicted molar refractivity (Wildman–Crippen MR) is 121 cm³/mol. The first-order valence-corrected chi connectivity index (χ1v) is 13.5. The van der Waals surface area contributed by atoms with Crippen molar-refractivity contribution in [1.82, 2.24) is 4.72 Å². The maximum atomic E-state index is 13.9. The molecular weight excluding hydrogens is 424 g/mol. The van der Waals surface area contributed by atoms with Gasteiger partial charge in [-0.15, -0.1) is 0 Å². The SMILES string of the molecule is Cc1ccccc1S(=O)(=O)NC1(C(=O)CC23CC4CC(C2)CC(C(N)=O)(C4)C3)CCCC1. The summed E-state index contributed by atoms with van der Waals surface area (Å²) in [6.07, 6.45) is 8.59. The van der Waals surface area contributed by atoms with Crippen molar-refractivity contribution in [3.8, 4) is 0 Å². The number of ketones is 1. The lowest BCUT2D eigenvalue weighted by atomic mass is 9.43. The van der Waals surface area contributed by atoms with Crippen LogP contribution in [0.2, 0.25) is 0 Å². The molecule has 0 aliphatic heterocycles. The molecule has 5 aliphatic rings. The lowest BCUT2D eigenvalue weighted by Gasteiger charge is -2.61. The molecule has 0 radical (unpaired) electrons. The number of carbonyl (C=O) groups is 2. The summed E-state index contributed by atoms with van der Waals surface area (Å²) >= 11 is 0. The molecule has 3 N–H and O–H groups in total. The summed E-state index contributed by atoms with van der Waals surface area (Å²) < 4.78 is 29.5. The second-order valence-electron chi connectivity index (χ2n) is 11.4. The van der Waals surface area contributed by atoms with E-state index >= 15 is 0 Å². The highest BCUT2D eigenvalue weighted by molar-refractivity contribution is 7.89. The van der Waals surface area contributed by atoms with Gasteiger partial charge in [-0.05, 0) is 87.2 Å². The van der Waals surface area contributed by atoms with Gasteiger partial charge >= 0.3 is 0 Å². The number of carbonyl (C=O) groups excluding carboxylic acids is 2. The van der Waals surface area contributed by atoms with Gasteiger partial charge in [0.15, 0.2) is 5.78 Å². The topological polar surface area (TPSA) is 106 Å². The van der Waals surface area contributed by atoms with E-state index in [0.717, 1.165) is 44.9 Å². The van der Waals surface area contributed by atoms with Crippen LogP contribution < -0.4 is 10.5 Å². The summed E-state index contributed by atoms with van der Waals surface area (Å²) in [5.74, 6) is 0.715. The molecule has 0 aromatic heterocycles. The van der Waals surface area contributed by atoms with Gasteiger partial charge in [0.2, 0.25) is 15.9 Å². The number of amides is 1. The number of Topliss-reactive ketones (excluding diaryl/α,β-unsaturated/α-hetero) is 1. The normalized spacial score (nSPS) is 35.2. The van der Waals surface area contributed by atoms with Crippen LogP contribution >= 0.6 is 0 Å². The van der Waals surface area contributed by atoms with Crippen LogP contribution in [0, 0.1) is 29.6 Å². The number of hydrogen-bond donors (Lipinski definition) is 2. The Balaban J connectivity index is 1.42. The Bertz CT molecular complexity index is 1040. The summed E-state index contributed by atoms with van der Waals surface area (Å²) in [7, 11) is -3.81. The van der Waals surface area contributed by atoms with E-state index in [-0.39, 0.29) is 22.0 Å². The Morgan fingerprint density at radius 1 is 1.06 bits per heavy atom. The highest BCUT2D eigenvalue weighted by Gasteiger charge is 2.61. The zero-order chi connectivity index (χ0) is 22.8. The average molecular weight is 459 g/mol. The quantitative estimate of drug-likeness (QED) is 0.651. The van der Waals surface area contributed by atoms with Crippen LogP contribution in [0.5, 0.6) is 0 Å². The van der Waals surface area contributed by atoms with Crippen molar-refractivity contribution in [2.24, 2.45) is 28.4 Å². The predicted octanol–water partition coefficient (Wildman–Crippen LogP) is 3.62. The number of benzene rings is 1. The molecule has 5 fully saturated rings. The Kier molecular flexibility index (Phi) is 5.10. The van der Waals surface area contributed by atoms with Crippen LogP contribution in [0.25, 0.3) is 0 Å². The Labute approximate surface area is 190 Å². The van der Waals surface area contributed by atoms with Crippen molar-refractivity contribution in [2.75, 3.05) is 0 Å². The first-order valence-electron chi connectivity index (χ1n) is 12.0. The second-order valence-corrected chi connectivity index (χ2v) is 13.0. The molecule has 1 aromatic rings. The molecular formula is C25H34N2O4S. The van der Waals surface area contributed by atoms with Gasteiger partial charge in [0, 0.05) is 6.42 Å². The van der Waals surface area contributed by atoms with E-state index in [2.05, 4.69) is 4.72 Å². The van der Waals surface area contributed by atoms with Crippen molar-refractivity contribution in [3.05, 3.63) is 29.8 Å². The van der Waals surface area contributed by atoms with E-state index in [1.165, 1.54) is 0 Å². The fraction of sp³-hybridized carbons (Fsp3) is 0.680. The molecule has 4 bridgehead atoms.